The van der Waals surface area contributed by atoms with Crippen molar-refractivity contribution in [2.75, 3.05) is 0 Å². The standard InChI is InChI=1S/C6H5N3.C2H2N2O/c1-2-5-6(7-3-1)4-8-9-5;1-2-5-4-3-1/h1-4H,(H,8,9);1-2H. The molecule has 0 spiro atoms. The van der Waals surface area contributed by atoms with Crippen molar-refractivity contribution in [2.24, 2.45) is 0 Å². The van der Waals surface area contributed by atoms with Gasteiger partial charge in [0.15, 0.2) is 0 Å². The van der Waals surface area contributed by atoms with Crippen molar-refractivity contribution in [2.45, 2.75) is 0 Å². The molecule has 0 aliphatic heterocycles. The van der Waals surface area contributed by atoms with Crippen LogP contribution >= 0.6 is 0 Å². The summed E-state index contributed by atoms with van der Waals surface area (Å²) in [7, 11) is 0. The summed E-state index contributed by atoms with van der Waals surface area (Å²) in [6, 6.07) is 3.82. The summed E-state index contributed by atoms with van der Waals surface area (Å²) in [6.07, 6.45) is 6.33. The zero-order valence-electron chi connectivity index (χ0n) is 7.16. The van der Waals surface area contributed by atoms with Gasteiger partial charge in [0.1, 0.15) is 11.8 Å². The maximum absolute atomic E-state index is 4.22. The first-order chi connectivity index (χ1) is 6.97. The summed E-state index contributed by atoms with van der Waals surface area (Å²) in [5.41, 5.74) is 1.90. The van der Waals surface area contributed by atoms with Crippen molar-refractivity contribution in [1.82, 2.24) is 25.6 Å². The molecule has 0 aliphatic rings. The van der Waals surface area contributed by atoms with E-state index < -0.39 is 0 Å². The Hall–Kier alpha value is -2.24. The van der Waals surface area contributed by atoms with Crippen molar-refractivity contribution in [3.05, 3.63) is 37.0 Å². The van der Waals surface area contributed by atoms with Gasteiger partial charge in [-0.1, -0.05) is 0 Å². The minimum atomic E-state index is 0.914. The molecule has 14 heavy (non-hydrogen) atoms. The van der Waals surface area contributed by atoms with Crippen LogP contribution in [0.25, 0.3) is 11.0 Å². The minimum Gasteiger partial charge on any atom is -0.346 e. The minimum absolute atomic E-state index is 0.914. The Balaban J connectivity index is 0.000000128. The molecule has 6 nitrogen and oxygen atoms in total. The molecule has 0 amide bonds. The van der Waals surface area contributed by atoms with Gasteiger partial charge in [-0.25, -0.2) is 0 Å². The Morgan fingerprint density at radius 1 is 1.29 bits per heavy atom. The molecule has 0 radical (unpaired) electrons. The molecule has 0 saturated heterocycles. The second-order valence-electron chi connectivity index (χ2n) is 2.39. The lowest BCUT2D eigenvalue weighted by atomic mass is 10.4. The first-order valence-corrected chi connectivity index (χ1v) is 3.92. The van der Waals surface area contributed by atoms with Gasteiger partial charge in [-0.3, -0.25) is 10.1 Å². The molecule has 0 fully saturated rings. The van der Waals surface area contributed by atoms with E-state index in [1.807, 2.05) is 12.1 Å². The van der Waals surface area contributed by atoms with Crippen LogP contribution in [0.2, 0.25) is 0 Å². The number of fused-ring (bicyclic) bond motifs is 1. The van der Waals surface area contributed by atoms with E-state index in [0.29, 0.717) is 0 Å². The highest BCUT2D eigenvalue weighted by Crippen LogP contribution is 2.02. The fraction of sp³-hybridized carbons (Fsp3) is 0. The van der Waals surface area contributed by atoms with Gasteiger partial charge < -0.3 is 4.52 Å². The van der Waals surface area contributed by atoms with Crippen LogP contribution in [0.3, 0.4) is 0 Å². The molecule has 70 valence electrons. The van der Waals surface area contributed by atoms with Gasteiger partial charge in [-0.05, 0) is 12.1 Å². The summed E-state index contributed by atoms with van der Waals surface area (Å²) in [5.74, 6) is 0. The average molecular weight is 189 g/mol. The highest BCUT2D eigenvalue weighted by Gasteiger charge is 1.89. The molecule has 0 saturated carbocycles. The smallest absolute Gasteiger partial charge is 0.144 e. The molecule has 0 atom stereocenters. The first kappa shape index (κ1) is 8.36. The van der Waals surface area contributed by atoms with Crippen LogP contribution in [0, 0.1) is 0 Å². The fourth-order valence-corrected chi connectivity index (χ4v) is 0.914. The molecule has 0 aromatic carbocycles. The summed E-state index contributed by atoms with van der Waals surface area (Å²) in [6.45, 7) is 0. The summed E-state index contributed by atoms with van der Waals surface area (Å²) < 4.78 is 4.22. The average Bonchev–Trinajstić information content (AvgIpc) is 2.92. The van der Waals surface area contributed by atoms with E-state index in [2.05, 4.69) is 30.1 Å². The monoisotopic (exact) mass is 189 g/mol. The van der Waals surface area contributed by atoms with Crippen molar-refractivity contribution < 1.29 is 4.52 Å². The van der Waals surface area contributed by atoms with Crippen LogP contribution < -0.4 is 0 Å². The van der Waals surface area contributed by atoms with E-state index in [1.165, 1.54) is 12.5 Å². The van der Waals surface area contributed by atoms with Gasteiger partial charge >= 0.3 is 0 Å². The molecular formula is C8H7N5O. The van der Waals surface area contributed by atoms with Gasteiger partial charge in [0.25, 0.3) is 0 Å². The lowest BCUT2D eigenvalue weighted by molar-refractivity contribution is 0.393. The largest absolute Gasteiger partial charge is 0.346 e. The number of H-pyrrole nitrogens is 1. The number of pyridine rings is 1. The van der Waals surface area contributed by atoms with Crippen LogP contribution in [-0.2, 0) is 0 Å². The normalized spacial score (nSPS) is 9.43. The molecule has 1 N–H and O–H groups in total. The molecule has 3 heterocycles. The zero-order valence-corrected chi connectivity index (χ0v) is 7.16. The molecule has 0 bridgehead atoms. The number of rotatable bonds is 0. The fourth-order valence-electron chi connectivity index (χ4n) is 0.914. The van der Waals surface area contributed by atoms with E-state index in [9.17, 15) is 0 Å². The lowest BCUT2D eigenvalue weighted by Gasteiger charge is -1.80. The van der Waals surface area contributed by atoms with Crippen LogP contribution in [0.15, 0.2) is 41.5 Å². The van der Waals surface area contributed by atoms with Gasteiger partial charge in [0, 0.05) is 11.5 Å². The second kappa shape index (κ2) is 4.13. The van der Waals surface area contributed by atoms with Gasteiger partial charge in [-0.15, -0.1) is 5.10 Å². The van der Waals surface area contributed by atoms with Crippen LogP contribution in [0.5, 0.6) is 0 Å². The zero-order chi connectivity index (χ0) is 9.64. The first-order valence-electron chi connectivity index (χ1n) is 3.92. The molecule has 0 unspecified atom stereocenters. The number of nitrogens with one attached hydrogen (secondary N) is 1. The van der Waals surface area contributed by atoms with E-state index >= 15 is 0 Å². The molecule has 3 aromatic rings. The number of hydrogen-bond acceptors (Lipinski definition) is 5. The summed E-state index contributed by atoms with van der Waals surface area (Å²) in [4.78, 5) is 4.05. The third-order valence-corrected chi connectivity index (χ3v) is 1.49. The SMILES string of the molecule is c1cnc2cn[nH]c2c1.c1conn1. The maximum Gasteiger partial charge on any atom is 0.144 e. The Morgan fingerprint density at radius 3 is 2.93 bits per heavy atom. The predicted molar refractivity (Wildman–Crippen MR) is 48.2 cm³/mol. The molecule has 0 aliphatic carbocycles. The van der Waals surface area contributed by atoms with E-state index in [0.717, 1.165) is 11.0 Å². The van der Waals surface area contributed by atoms with Crippen LogP contribution in [0.1, 0.15) is 0 Å². The van der Waals surface area contributed by atoms with Gasteiger partial charge in [-0.2, -0.15) is 5.10 Å². The lowest BCUT2D eigenvalue weighted by Crippen LogP contribution is -1.69. The molecule has 3 rings (SSSR count). The van der Waals surface area contributed by atoms with Crippen molar-refractivity contribution in [3.8, 4) is 0 Å². The van der Waals surface area contributed by atoms with Crippen LogP contribution in [-0.4, -0.2) is 25.6 Å². The Morgan fingerprint density at radius 2 is 2.29 bits per heavy atom. The predicted octanol–water partition coefficient (Wildman–Crippen LogP) is 1.03. The number of aromatic nitrogens is 5. The van der Waals surface area contributed by atoms with Crippen molar-refractivity contribution in [1.29, 1.82) is 0 Å². The highest BCUT2D eigenvalue weighted by molar-refractivity contribution is 5.72. The molecule has 6 heteroatoms. The van der Waals surface area contributed by atoms with Gasteiger partial charge in [0.2, 0.25) is 0 Å². The summed E-state index contributed by atoms with van der Waals surface area (Å²) >= 11 is 0. The highest BCUT2D eigenvalue weighted by atomic mass is 16.5. The third kappa shape index (κ3) is 1.92. The van der Waals surface area contributed by atoms with E-state index in [1.54, 1.807) is 12.4 Å². The third-order valence-electron chi connectivity index (χ3n) is 1.49. The molecule has 3 aromatic heterocycles. The Bertz CT molecular complexity index is 428. The summed E-state index contributed by atoms with van der Waals surface area (Å²) in [5, 5.41) is 13.0. The number of aromatic amines is 1. The topological polar surface area (TPSA) is 80.5 Å². The molecular weight excluding hydrogens is 182 g/mol. The van der Waals surface area contributed by atoms with Gasteiger partial charge in [0.05, 0.1) is 17.9 Å². The van der Waals surface area contributed by atoms with E-state index in [-0.39, 0.29) is 0 Å². The quantitative estimate of drug-likeness (QED) is 0.571. The van der Waals surface area contributed by atoms with Crippen LogP contribution in [0.4, 0.5) is 0 Å². The van der Waals surface area contributed by atoms with Crippen molar-refractivity contribution >= 4 is 11.0 Å². The number of nitrogens with zero attached hydrogens (tertiary/aromatic N) is 4. The van der Waals surface area contributed by atoms with Crippen molar-refractivity contribution in [3.63, 3.8) is 0 Å². The maximum atomic E-state index is 4.22. The van der Waals surface area contributed by atoms with E-state index in [4.69, 9.17) is 0 Å². The second-order valence-corrected chi connectivity index (χ2v) is 2.39. The Kier molecular flexibility index (Phi) is 2.46. The number of hydrogen-bond donors (Lipinski definition) is 1. The Labute approximate surface area is 78.9 Å².